The van der Waals surface area contributed by atoms with E-state index in [4.69, 9.17) is 14.6 Å². The van der Waals surface area contributed by atoms with Crippen molar-refractivity contribution >= 4 is 18.0 Å². The summed E-state index contributed by atoms with van der Waals surface area (Å²) in [5.74, 6) is -1.73. The molecule has 0 radical (unpaired) electrons. The fourth-order valence-corrected chi connectivity index (χ4v) is 4.38. The van der Waals surface area contributed by atoms with E-state index in [1.54, 1.807) is 6.92 Å². The van der Waals surface area contributed by atoms with E-state index >= 15 is 0 Å². The van der Waals surface area contributed by atoms with Crippen molar-refractivity contribution in [1.82, 2.24) is 10.6 Å². The highest BCUT2D eigenvalue weighted by Gasteiger charge is 2.37. The first kappa shape index (κ1) is 21.8. The number of fused-ring (bicyclic) bond motifs is 3. The molecule has 0 spiro atoms. The van der Waals surface area contributed by atoms with Gasteiger partial charge < -0.3 is 25.2 Å². The highest BCUT2D eigenvalue weighted by atomic mass is 16.6. The quantitative estimate of drug-likeness (QED) is 0.612. The summed E-state index contributed by atoms with van der Waals surface area (Å²) in [6.45, 7) is 2.12. The van der Waals surface area contributed by atoms with E-state index < -0.39 is 36.2 Å². The maximum atomic E-state index is 12.5. The molecule has 8 nitrogen and oxygen atoms in total. The first-order valence-corrected chi connectivity index (χ1v) is 10.8. The summed E-state index contributed by atoms with van der Waals surface area (Å²) in [4.78, 5) is 36.2. The summed E-state index contributed by atoms with van der Waals surface area (Å²) in [6, 6.07) is 14.5. The molecule has 0 aromatic heterocycles. The number of amides is 2. The number of benzene rings is 2. The fourth-order valence-electron chi connectivity index (χ4n) is 4.38. The molecule has 2 unspecified atom stereocenters. The lowest BCUT2D eigenvalue weighted by Gasteiger charge is -2.22. The van der Waals surface area contributed by atoms with Gasteiger partial charge in [0.15, 0.2) is 6.10 Å². The van der Waals surface area contributed by atoms with E-state index in [2.05, 4.69) is 22.8 Å². The third kappa shape index (κ3) is 4.31. The lowest BCUT2D eigenvalue weighted by molar-refractivity contribution is -0.143. The van der Waals surface area contributed by atoms with Crippen molar-refractivity contribution in [3.63, 3.8) is 0 Å². The van der Waals surface area contributed by atoms with E-state index in [0.29, 0.717) is 6.42 Å². The number of hydrogen-bond acceptors (Lipinski definition) is 5. The molecule has 3 atom stereocenters. The van der Waals surface area contributed by atoms with E-state index in [0.717, 1.165) is 22.3 Å². The van der Waals surface area contributed by atoms with Gasteiger partial charge in [0.25, 0.3) is 5.91 Å². The summed E-state index contributed by atoms with van der Waals surface area (Å²) in [7, 11) is 0. The third-order valence-corrected chi connectivity index (χ3v) is 6.02. The van der Waals surface area contributed by atoms with Crippen LogP contribution in [0.25, 0.3) is 11.1 Å². The minimum atomic E-state index is -1.11. The molecule has 0 bridgehead atoms. The molecule has 1 fully saturated rings. The number of carbonyl (C=O) groups is 3. The minimum Gasteiger partial charge on any atom is -0.480 e. The summed E-state index contributed by atoms with van der Waals surface area (Å²) in [6.07, 6.45) is -0.904. The SMILES string of the molecule is CC[C@@H](NC(=O)C1OCCC1NC(=O)OCC1c2ccccc2-c2ccccc21)C(=O)O. The first-order valence-electron chi connectivity index (χ1n) is 10.8. The Balaban J connectivity index is 1.37. The van der Waals surface area contributed by atoms with Gasteiger partial charge in [-0.1, -0.05) is 55.5 Å². The number of rotatable bonds is 7. The van der Waals surface area contributed by atoms with E-state index in [1.165, 1.54) is 0 Å². The zero-order valence-corrected chi connectivity index (χ0v) is 17.7. The van der Waals surface area contributed by atoms with Gasteiger partial charge in [0.2, 0.25) is 0 Å². The highest BCUT2D eigenvalue weighted by molar-refractivity contribution is 5.87. The summed E-state index contributed by atoms with van der Waals surface area (Å²) in [5.41, 5.74) is 4.51. The van der Waals surface area contributed by atoms with Crippen LogP contribution in [0.15, 0.2) is 48.5 Å². The number of aliphatic carboxylic acids is 1. The van der Waals surface area contributed by atoms with Gasteiger partial charge in [0.05, 0.1) is 6.04 Å². The van der Waals surface area contributed by atoms with Crippen LogP contribution in [0.3, 0.4) is 0 Å². The summed E-state index contributed by atoms with van der Waals surface area (Å²) in [5, 5.41) is 14.3. The van der Waals surface area contributed by atoms with Crippen molar-refractivity contribution in [1.29, 1.82) is 0 Å². The second-order valence-corrected chi connectivity index (χ2v) is 7.96. The summed E-state index contributed by atoms with van der Waals surface area (Å²) >= 11 is 0. The van der Waals surface area contributed by atoms with Crippen LogP contribution in [-0.2, 0) is 19.1 Å². The van der Waals surface area contributed by atoms with E-state index in [9.17, 15) is 14.4 Å². The number of carboxylic acid groups (broad SMARTS) is 1. The Kier molecular flexibility index (Phi) is 6.41. The zero-order chi connectivity index (χ0) is 22.7. The van der Waals surface area contributed by atoms with Crippen LogP contribution in [-0.4, -0.2) is 54.5 Å². The van der Waals surface area contributed by atoms with Gasteiger partial charge in [-0.25, -0.2) is 9.59 Å². The molecule has 32 heavy (non-hydrogen) atoms. The molecule has 3 N–H and O–H groups in total. The Morgan fingerprint density at radius 1 is 1.09 bits per heavy atom. The van der Waals surface area contributed by atoms with Crippen molar-refractivity contribution in [3.8, 4) is 11.1 Å². The molecule has 4 rings (SSSR count). The number of carbonyl (C=O) groups excluding carboxylic acids is 2. The maximum Gasteiger partial charge on any atom is 0.407 e. The molecule has 0 saturated carbocycles. The van der Waals surface area contributed by atoms with Gasteiger partial charge in [-0.3, -0.25) is 4.79 Å². The molecular weight excluding hydrogens is 412 g/mol. The molecule has 1 aliphatic heterocycles. The average Bonchev–Trinajstić information content (AvgIpc) is 3.38. The van der Waals surface area contributed by atoms with Crippen molar-refractivity contribution in [2.24, 2.45) is 0 Å². The van der Waals surface area contributed by atoms with Crippen LogP contribution >= 0.6 is 0 Å². The van der Waals surface area contributed by atoms with Crippen LogP contribution in [0.5, 0.6) is 0 Å². The molecule has 2 aromatic carbocycles. The van der Waals surface area contributed by atoms with Gasteiger partial charge in [0.1, 0.15) is 12.6 Å². The molecule has 1 saturated heterocycles. The molecule has 168 valence electrons. The zero-order valence-electron chi connectivity index (χ0n) is 17.7. The highest BCUT2D eigenvalue weighted by Crippen LogP contribution is 2.44. The molecular formula is C24H26N2O6. The van der Waals surface area contributed by atoms with Gasteiger partial charge in [-0.15, -0.1) is 0 Å². The topological polar surface area (TPSA) is 114 Å². The summed E-state index contributed by atoms with van der Waals surface area (Å²) < 4.78 is 11.0. The number of carboxylic acids is 1. The number of ether oxygens (including phenoxy) is 2. The smallest absolute Gasteiger partial charge is 0.407 e. The Morgan fingerprint density at radius 3 is 2.31 bits per heavy atom. The lowest BCUT2D eigenvalue weighted by Crippen LogP contribution is -2.52. The minimum absolute atomic E-state index is 0.0621. The van der Waals surface area contributed by atoms with E-state index in [-0.39, 0.29) is 25.6 Å². The normalized spacial score (nSPS) is 20.2. The Morgan fingerprint density at radius 2 is 1.72 bits per heavy atom. The molecule has 2 aromatic rings. The largest absolute Gasteiger partial charge is 0.480 e. The predicted octanol–water partition coefficient (Wildman–Crippen LogP) is 2.66. The number of hydrogen-bond donors (Lipinski definition) is 3. The van der Waals surface area contributed by atoms with Crippen molar-refractivity contribution in [2.75, 3.05) is 13.2 Å². The van der Waals surface area contributed by atoms with Crippen LogP contribution in [0.2, 0.25) is 0 Å². The predicted molar refractivity (Wildman–Crippen MR) is 116 cm³/mol. The number of nitrogens with one attached hydrogen (secondary N) is 2. The molecule has 1 heterocycles. The second kappa shape index (κ2) is 9.40. The van der Waals surface area contributed by atoms with Crippen molar-refractivity contribution in [3.05, 3.63) is 59.7 Å². The van der Waals surface area contributed by atoms with Crippen molar-refractivity contribution < 1.29 is 29.0 Å². The lowest BCUT2D eigenvalue weighted by atomic mass is 9.98. The Bertz CT molecular complexity index is 978. The monoisotopic (exact) mass is 438 g/mol. The molecule has 8 heteroatoms. The van der Waals surface area contributed by atoms with Gasteiger partial charge >= 0.3 is 12.1 Å². The van der Waals surface area contributed by atoms with Crippen molar-refractivity contribution in [2.45, 2.75) is 43.9 Å². The van der Waals surface area contributed by atoms with Gasteiger partial charge in [0, 0.05) is 12.5 Å². The molecule has 2 aliphatic rings. The Labute approximate surface area is 185 Å². The van der Waals surface area contributed by atoms with Gasteiger partial charge in [-0.2, -0.15) is 0 Å². The van der Waals surface area contributed by atoms with Crippen LogP contribution in [0, 0.1) is 0 Å². The second-order valence-electron chi connectivity index (χ2n) is 7.96. The maximum absolute atomic E-state index is 12.5. The van der Waals surface area contributed by atoms with Crippen LogP contribution < -0.4 is 10.6 Å². The first-order chi connectivity index (χ1) is 15.5. The molecule has 2 amide bonds. The van der Waals surface area contributed by atoms with Crippen LogP contribution in [0.1, 0.15) is 36.8 Å². The van der Waals surface area contributed by atoms with E-state index in [1.807, 2.05) is 36.4 Å². The standard InChI is InChI=1S/C24H26N2O6/c1-2-19(23(28)29)25-22(27)21-20(11-12-31-21)26-24(30)32-13-18-16-9-5-3-7-14(16)15-8-4-6-10-17(15)18/h3-10,18-21H,2,11-13H2,1H3,(H,25,27)(H,26,30)(H,28,29)/t19-,20?,21?/m1/s1. The number of alkyl carbamates (subject to hydrolysis) is 1. The van der Waals surface area contributed by atoms with Gasteiger partial charge in [-0.05, 0) is 35.1 Å². The Hall–Kier alpha value is -3.39. The molecule has 1 aliphatic carbocycles. The van der Waals surface area contributed by atoms with Crippen LogP contribution in [0.4, 0.5) is 4.79 Å². The third-order valence-electron chi connectivity index (χ3n) is 6.02. The average molecular weight is 438 g/mol. The fraction of sp³-hybridized carbons (Fsp3) is 0.375.